The Morgan fingerprint density at radius 1 is 1.24 bits per heavy atom. The summed E-state index contributed by atoms with van der Waals surface area (Å²) in [5.41, 5.74) is 0. The van der Waals surface area contributed by atoms with Gasteiger partial charge in [-0.05, 0) is 19.8 Å². The second-order valence-electron chi connectivity index (χ2n) is 5.54. The highest BCUT2D eigenvalue weighted by molar-refractivity contribution is 5.84. The van der Waals surface area contributed by atoms with Crippen molar-refractivity contribution in [2.24, 2.45) is 0 Å². The number of methoxy groups -OCH3 is 1. The molecule has 6 nitrogen and oxygen atoms in total. The maximum Gasteiger partial charge on any atom is 0.323 e. The molecule has 0 aromatic carbocycles. The van der Waals surface area contributed by atoms with Crippen molar-refractivity contribution >= 4 is 11.9 Å². The molecule has 1 atom stereocenters. The van der Waals surface area contributed by atoms with Crippen LogP contribution in [0.3, 0.4) is 0 Å². The van der Waals surface area contributed by atoms with Gasteiger partial charge in [0.15, 0.2) is 0 Å². The highest BCUT2D eigenvalue weighted by Crippen LogP contribution is 2.21. The summed E-state index contributed by atoms with van der Waals surface area (Å²) in [4.78, 5) is 24.5. The van der Waals surface area contributed by atoms with Crippen LogP contribution in [0.5, 0.6) is 0 Å². The van der Waals surface area contributed by atoms with Gasteiger partial charge in [0.25, 0.3) is 5.91 Å². The van der Waals surface area contributed by atoms with E-state index in [1.54, 1.807) is 6.92 Å². The monoisotopic (exact) mass is 301 g/mol. The molecule has 1 aliphatic rings. The molecule has 122 valence electrons. The van der Waals surface area contributed by atoms with Gasteiger partial charge in [-0.3, -0.25) is 9.59 Å². The van der Waals surface area contributed by atoms with Gasteiger partial charge >= 0.3 is 5.97 Å². The van der Waals surface area contributed by atoms with Crippen LogP contribution >= 0.6 is 0 Å². The lowest BCUT2D eigenvalue weighted by Crippen LogP contribution is -2.44. The molecule has 0 aromatic heterocycles. The normalized spacial score (nSPS) is 18.0. The molecule has 1 amide bonds. The zero-order valence-electron chi connectivity index (χ0n) is 13.0. The molecular formula is C15H27NO5. The summed E-state index contributed by atoms with van der Waals surface area (Å²) < 4.78 is 10.8. The number of carboxylic acid groups (broad SMARTS) is 1. The van der Waals surface area contributed by atoms with E-state index in [2.05, 4.69) is 0 Å². The van der Waals surface area contributed by atoms with Crippen LogP contribution in [-0.2, 0) is 19.1 Å². The van der Waals surface area contributed by atoms with Crippen LogP contribution in [0.25, 0.3) is 0 Å². The molecule has 1 rings (SSSR count). The Kier molecular flexibility index (Phi) is 8.30. The average molecular weight is 301 g/mol. The number of carbonyl (C=O) groups excluding carboxylic acids is 1. The molecule has 1 N–H and O–H groups in total. The number of aliphatic carboxylic acids is 1. The second-order valence-corrected chi connectivity index (χ2v) is 5.54. The molecule has 1 unspecified atom stereocenters. The fourth-order valence-corrected chi connectivity index (χ4v) is 2.61. The topological polar surface area (TPSA) is 76.1 Å². The lowest BCUT2D eigenvalue weighted by atomic mass is 10.1. The van der Waals surface area contributed by atoms with Gasteiger partial charge in [0, 0.05) is 13.7 Å². The molecule has 0 spiro atoms. The third-order valence-electron chi connectivity index (χ3n) is 3.75. The zero-order chi connectivity index (χ0) is 15.7. The first kappa shape index (κ1) is 17.9. The Bertz CT molecular complexity index is 326. The summed E-state index contributed by atoms with van der Waals surface area (Å²) in [6, 6.07) is 0. The van der Waals surface area contributed by atoms with E-state index in [4.69, 9.17) is 14.6 Å². The fourth-order valence-electron chi connectivity index (χ4n) is 2.61. The van der Waals surface area contributed by atoms with E-state index in [1.807, 2.05) is 0 Å². The van der Waals surface area contributed by atoms with Crippen molar-refractivity contribution in [3.8, 4) is 0 Å². The predicted molar refractivity (Wildman–Crippen MR) is 78.1 cm³/mol. The number of hydrogen-bond donors (Lipinski definition) is 1. The lowest BCUT2D eigenvalue weighted by Gasteiger charge is -2.26. The van der Waals surface area contributed by atoms with Crippen LogP contribution in [0.1, 0.15) is 45.4 Å². The maximum absolute atomic E-state index is 12.3. The zero-order valence-corrected chi connectivity index (χ0v) is 13.0. The number of nitrogens with zero attached hydrogens (tertiary/aromatic N) is 1. The molecule has 6 heteroatoms. The average Bonchev–Trinajstić information content (AvgIpc) is 2.70. The summed E-state index contributed by atoms with van der Waals surface area (Å²) in [7, 11) is 1.52. The Labute approximate surface area is 126 Å². The summed E-state index contributed by atoms with van der Waals surface area (Å²) in [5.74, 6) is -1.31. The highest BCUT2D eigenvalue weighted by Gasteiger charge is 2.25. The van der Waals surface area contributed by atoms with E-state index in [0.717, 1.165) is 25.7 Å². The number of ether oxygens (including phenoxy) is 2. The lowest BCUT2D eigenvalue weighted by molar-refractivity contribution is -0.153. The van der Waals surface area contributed by atoms with Crippen molar-refractivity contribution in [3.05, 3.63) is 0 Å². The minimum atomic E-state index is -1.03. The number of carbonyl (C=O) groups is 2. The number of hydrogen-bond acceptors (Lipinski definition) is 4. The molecule has 0 heterocycles. The van der Waals surface area contributed by atoms with E-state index in [9.17, 15) is 9.59 Å². The number of rotatable bonds is 8. The molecule has 1 saturated carbocycles. The van der Waals surface area contributed by atoms with Crippen LogP contribution in [-0.4, -0.2) is 60.9 Å². The molecule has 0 aliphatic heterocycles. The van der Waals surface area contributed by atoms with Crippen LogP contribution in [0.4, 0.5) is 0 Å². The minimum absolute atomic E-state index is 0.112. The third kappa shape index (κ3) is 6.91. The van der Waals surface area contributed by atoms with E-state index in [-0.39, 0.29) is 25.1 Å². The number of carboxylic acids is 1. The Hall–Kier alpha value is -1.14. The first-order valence-corrected chi connectivity index (χ1v) is 7.69. The molecule has 0 saturated heterocycles. The smallest absolute Gasteiger partial charge is 0.323 e. The SMILES string of the molecule is COCCN(CC(=O)O)C(=O)C(C)OC1CCCCCC1. The van der Waals surface area contributed by atoms with Crippen molar-refractivity contribution in [1.82, 2.24) is 4.90 Å². The fraction of sp³-hybridized carbons (Fsp3) is 0.867. The first-order chi connectivity index (χ1) is 10.0. The molecule has 1 aliphatic carbocycles. The summed E-state index contributed by atoms with van der Waals surface area (Å²) in [6.07, 6.45) is 6.18. The Balaban J connectivity index is 2.52. The van der Waals surface area contributed by atoms with Crippen molar-refractivity contribution in [2.75, 3.05) is 26.8 Å². The van der Waals surface area contributed by atoms with Crippen LogP contribution < -0.4 is 0 Å². The maximum atomic E-state index is 12.3. The van der Waals surface area contributed by atoms with Gasteiger partial charge < -0.3 is 19.5 Å². The summed E-state index contributed by atoms with van der Waals surface area (Å²) >= 11 is 0. The molecule has 1 fully saturated rings. The minimum Gasteiger partial charge on any atom is -0.480 e. The van der Waals surface area contributed by atoms with Gasteiger partial charge in [-0.15, -0.1) is 0 Å². The van der Waals surface area contributed by atoms with E-state index in [1.165, 1.54) is 24.9 Å². The largest absolute Gasteiger partial charge is 0.480 e. The van der Waals surface area contributed by atoms with Crippen LogP contribution in [0, 0.1) is 0 Å². The molecule has 0 bridgehead atoms. The van der Waals surface area contributed by atoms with Crippen LogP contribution in [0.2, 0.25) is 0 Å². The van der Waals surface area contributed by atoms with Gasteiger partial charge in [-0.25, -0.2) is 0 Å². The van der Waals surface area contributed by atoms with E-state index < -0.39 is 12.1 Å². The molecular weight excluding hydrogens is 274 g/mol. The van der Waals surface area contributed by atoms with Gasteiger partial charge in [0.05, 0.1) is 12.7 Å². The van der Waals surface area contributed by atoms with Gasteiger partial charge in [0.1, 0.15) is 12.6 Å². The second kappa shape index (κ2) is 9.73. The van der Waals surface area contributed by atoms with Crippen molar-refractivity contribution in [3.63, 3.8) is 0 Å². The summed E-state index contributed by atoms with van der Waals surface area (Å²) in [5, 5.41) is 8.90. The highest BCUT2D eigenvalue weighted by atomic mass is 16.5. The predicted octanol–water partition coefficient (Wildman–Crippen LogP) is 1.67. The summed E-state index contributed by atoms with van der Waals surface area (Å²) in [6.45, 7) is 1.96. The van der Waals surface area contributed by atoms with Gasteiger partial charge in [-0.2, -0.15) is 0 Å². The standard InChI is InChI=1S/C15H27NO5/c1-12(21-13-7-5-3-4-6-8-13)15(19)16(9-10-20-2)11-14(17)18/h12-13H,3-11H2,1-2H3,(H,17,18). The Morgan fingerprint density at radius 2 is 1.86 bits per heavy atom. The molecule has 0 aromatic rings. The Morgan fingerprint density at radius 3 is 2.38 bits per heavy atom. The first-order valence-electron chi connectivity index (χ1n) is 7.69. The molecule has 0 radical (unpaired) electrons. The quantitative estimate of drug-likeness (QED) is 0.690. The van der Waals surface area contributed by atoms with Crippen molar-refractivity contribution in [1.29, 1.82) is 0 Å². The third-order valence-corrected chi connectivity index (χ3v) is 3.75. The van der Waals surface area contributed by atoms with Crippen LogP contribution in [0.15, 0.2) is 0 Å². The molecule has 21 heavy (non-hydrogen) atoms. The van der Waals surface area contributed by atoms with Crippen molar-refractivity contribution in [2.45, 2.75) is 57.7 Å². The number of amides is 1. The van der Waals surface area contributed by atoms with E-state index >= 15 is 0 Å². The van der Waals surface area contributed by atoms with E-state index in [0.29, 0.717) is 6.61 Å². The van der Waals surface area contributed by atoms with Gasteiger partial charge in [0.2, 0.25) is 0 Å². The van der Waals surface area contributed by atoms with Crippen molar-refractivity contribution < 1.29 is 24.2 Å². The van der Waals surface area contributed by atoms with Gasteiger partial charge in [-0.1, -0.05) is 25.7 Å².